The Bertz CT molecular complexity index is 582. The zero-order valence-corrected chi connectivity index (χ0v) is 13.5. The van der Waals surface area contributed by atoms with Gasteiger partial charge in [0.05, 0.1) is 0 Å². The molecule has 4 nitrogen and oxygen atoms in total. The Labute approximate surface area is 137 Å². The second-order valence-electron chi connectivity index (χ2n) is 5.35. The van der Waals surface area contributed by atoms with Gasteiger partial charge in [-0.2, -0.15) is 0 Å². The van der Waals surface area contributed by atoms with Gasteiger partial charge in [-0.05, 0) is 36.1 Å². The fraction of sp³-hybridized carbons (Fsp3) is 0.316. The summed E-state index contributed by atoms with van der Waals surface area (Å²) >= 11 is 0. The number of amides is 2. The summed E-state index contributed by atoms with van der Waals surface area (Å²) in [7, 11) is 0. The predicted octanol–water partition coefficient (Wildman–Crippen LogP) is 3.52. The zero-order chi connectivity index (χ0) is 16.3. The number of nitrogens with one attached hydrogen (secondary N) is 2. The molecule has 0 atom stereocenters. The standard InChI is InChI=1S/C19H24N2O2/c1-2-6-16-9-11-18(12-10-16)23-15-21-19(22)20-14-13-17-7-4-3-5-8-17/h3-5,7-12H,2,6,13-15H2,1H3,(H2,20,21,22). The Kier molecular flexibility index (Phi) is 6.98. The molecule has 0 saturated carbocycles. The largest absolute Gasteiger partial charge is 0.473 e. The van der Waals surface area contributed by atoms with Crippen LogP contribution in [0.5, 0.6) is 5.75 Å². The molecule has 0 unspecified atom stereocenters. The van der Waals surface area contributed by atoms with Crippen molar-refractivity contribution in [2.24, 2.45) is 0 Å². The average molecular weight is 312 g/mol. The van der Waals surface area contributed by atoms with E-state index >= 15 is 0 Å². The van der Waals surface area contributed by atoms with Gasteiger partial charge in [0.2, 0.25) is 0 Å². The molecule has 0 aromatic heterocycles. The van der Waals surface area contributed by atoms with Crippen molar-refractivity contribution >= 4 is 6.03 Å². The highest BCUT2D eigenvalue weighted by Crippen LogP contribution is 2.12. The zero-order valence-electron chi connectivity index (χ0n) is 13.5. The Morgan fingerprint density at radius 1 is 0.913 bits per heavy atom. The van der Waals surface area contributed by atoms with Crippen molar-refractivity contribution in [2.45, 2.75) is 26.2 Å². The van der Waals surface area contributed by atoms with E-state index in [1.807, 2.05) is 42.5 Å². The first-order chi connectivity index (χ1) is 11.3. The van der Waals surface area contributed by atoms with Crippen LogP contribution in [0.2, 0.25) is 0 Å². The summed E-state index contributed by atoms with van der Waals surface area (Å²) in [6.45, 7) is 2.91. The van der Waals surface area contributed by atoms with Crippen LogP contribution in [0.15, 0.2) is 54.6 Å². The first-order valence-electron chi connectivity index (χ1n) is 8.05. The van der Waals surface area contributed by atoms with E-state index in [0.29, 0.717) is 6.54 Å². The number of hydrogen-bond donors (Lipinski definition) is 2. The third-order valence-corrected chi connectivity index (χ3v) is 3.48. The van der Waals surface area contributed by atoms with Gasteiger partial charge < -0.3 is 15.4 Å². The van der Waals surface area contributed by atoms with E-state index in [9.17, 15) is 4.79 Å². The molecule has 23 heavy (non-hydrogen) atoms. The number of urea groups is 1. The monoisotopic (exact) mass is 312 g/mol. The smallest absolute Gasteiger partial charge is 0.317 e. The lowest BCUT2D eigenvalue weighted by atomic mass is 10.1. The van der Waals surface area contributed by atoms with E-state index in [-0.39, 0.29) is 12.8 Å². The van der Waals surface area contributed by atoms with Crippen molar-refractivity contribution in [3.8, 4) is 5.75 Å². The first kappa shape index (κ1) is 16.9. The Morgan fingerprint density at radius 3 is 2.30 bits per heavy atom. The molecule has 2 aromatic rings. The van der Waals surface area contributed by atoms with Gasteiger partial charge in [0, 0.05) is 6.54 Å². The summed E-state index contributed by atoms with van der Waals surface area (Å²) in [6, 6.07) is 17.8. The molecule has 0 aliphatic heterocycles. The molecule has 2 rings (SSSR count). The van der Waals surface area contributed by atoms with E-state index < -0.39 is 0 Å². The third-order valence-electron chi connectivity index (χ3n) is 3.48. The van der Waals surface area contributed by atoms with E-state index in [4.69, 9.17) is 4.74 Å². The molecule has 0 radical (unpaired) electrons. The number of carbonyl (C=O) groups excluding carboxylic acids is 1. The molecule has 2 aromatic carbocycles. The van der Waals surface area contributed by atoms with Crippen molar-refractivity contribution in [1.29, 1.82) is 0 Å². The van der Waals surface area contributed by atoms with Gasteiger partial charge in [0.15, 0.2) is 6.73 Å². The van der Waals surface area contributed by atoms with E-state index in [2.05, 4.69) is 29.7 Å². The second kappa shape index (κ2) is 9.51. The van der Waals surface area contributed by atoms with Gasteiger partial charge in [0.1, 0.15) is 5.75 Å². The molecule has 0 fully saturated rings. The third kappa shape index (κ3) is 6.43. The minimum absolute atomic E-state index is 0.157. The molecule has 2 N–H and O–H groups in total. The molecule has 0 heterocycles. The summed E-state index contributed by atoms with van der Waals surface area (Å²) in [5.41, 5.74) is 2.50. The van der Waals surface area contributed by atoms with Gasteiger partial charge in [-0.15, -0.1) is 0 Å². The van der Waals surface area contributed by atoms with Gasteiger partial charge in [-0.25, -0.2) is 4.79 Å². The van der Waals surface area contributed by atoms with Crippen molar-refractivity contribution in [3.63, 3.8) is 0 Å². The summed E-state index contributed by atoms with van der Waals surface area (Å²) in [6.07, 6.45) is 3.02. The molecule has 4 heteroatoms. The lowest BCUT2D eigenvalue weighted by Crippen LogP contribution is -2.38. The Balaban J connectivity index is 1.61. The highest BCUT2D eigenvalue weighted by molar-refractivity contribution is 5.73. The molecule has 0 saturated heterocycles. The van der Waals surface area contributed by atoms with Gasteiger partial charge in [-0.3, -0.25) is 0 Å². The van der Waals surface area contributed by atoms with Crippen molar-refractivity contribution in [3.05, 3.63) is 65.7 Å². The summed E-state index contributed by atoms with van der Waals surface area (Å²) < 4.78 is 5.50. The number of carbonyl (C=O) groups is 1. The molecular formula is C19H24N2O2. The van der Waals surface area contributed by atoms with Crippen LogP contribution in [0, 0.1) is 0 Å². The minimum Gasteiger partial charge on any atom is -0.473 e. The molecule has 0 aliphatic carbocycles. The summed E-state index contributed by atoms with van der Waals surface area (Å²) in [5.74, 6) is 0.759. The number of benzene rings is 2. The van der Waals surface area contributed by atoms with Gasteiger partial charge in [-0.1, -0.05) is 55.8 Å². The number of rotatable bonds is 8. The fourth-order valence-corrected chi connectivity index (χ4v) is 2.25. The van der Waals surface area contributed by atoms with E-state index in [1.165, 1.54) is 11.1 Å². The van der Waals surface area contributed by atoms with Crippen LogP contribution < -0.4 is 15.4 Å². The van der Waals surface area contributed by atoms with Crippen molar-refractivity contribution in [1.82, 2.24) is 10.6 Å². The molecule has 0 bridgehead atoms. The predicted molar refractivity (Wildman–Crippen MR) is 92.6 cm³/mol. The Hall–Kier alpha value is -2.49. The maximum atomic E-state index is 11.7. The highest BCUT2D eigenvalue weighted by Gasteiger charge is 2.00. The summed E-state index contributed by atoms with van der Waals surface area (Å²) in [5, 5.41) is 5.50. The van der Waals surface area contributed by atoms with Crippen LogP contribution in [0.1, 0.15) is 24.5 Å². The van der Waals surface area contributed by atoms with Crippen LogP contribution in [0.25, 0.3) is 0 Å². The second-order valence-corrected chi connectivity index (χ2v) is 5.35. The summed E-state index contributed by atoms with van der Waals surface area (Å²) in [4.78, 5) is 11.7. The van der Waals surface area contributed by atoms with Crippen molar-refractivity contribution < 1.29 is 9.53 Å². The van der Waals surface area contributed by atoms with Crippen LogP contribution in [0.4, 0.5) is 4.79 Å². The molecule has 2 amide bonds. The quantitative estimate of drug-likeness (QED) is 0.733. The number of aryl methyl sites for hydroxylation is 1. The molecular weight excluding hydrogens is 288 g/mol. The first-order valence-corrected chi connectivity index (χ1v) is 8.05. The topological polar surface area (TPSA) is 50.4 Å². The SMILES string of the molecule is CCCc1ccc(OCNC(=O)NCCc2ccccc2)cc1. The minimum atomic E-state index is -0.219. The lowest BCUT2D eigenvalue weighted by Gasteiger charge is -2.10. The normalized spacial score (nSPS) is 10.1. The van der Waals surface area contributed by atoms with Gasteiger partial charge in [0.25, 0.3) is 0 Å². The molecule has 0 aliphatic rings. The van der Waals surface area contributed by atoms with Crippen LogP contribution >= 0.6 is 0 Å². The highest BCUT2D eigenvalue weighted by atomic mass is 16.5. The maximum Gasteiger partial charge on any atom is 0.317 e. The van der Waals surface area contributed by atoms with Gasteiger partial charge >= 0.3 is 6.03 Å². The van der Waals surface area contributed by atoms with E-state index in [1.54, 1.807) is 0 Å². The maximum absolute atomic E-state index is 11.7. The average Bonchev–Trinajstić information content (AvgIpc) is 2.58. The number of hydrogen-bond acceptors (Lipinski definition) is 2. The fourth-order valence-electron chi connectivity index (χ4n) is 2.25. The van der Waals surface area contributed by atoms with Crippen LogP contribution in [-0.4, -0.2) is 19.3 Å². The Morgan fingerprint density at radius 2 is 1.61 bits per heavy atom. The molecule has 0 spiro atoms. The van der Waals surface area contributed by atoms with Crippen LogP contribution in [-0.2, 0) is 12.8 Å². The molecule has 122 valence electrons. The van der Waals surface area contributed by atoms with E-state index in [0.717, 1.165) is 25.0 Å². The lowest BCUT2D eigenvalue weighted by molar-refractivity contribution is 0.224. The number of ether oxygens (including phenoxy) is 1. The van der Waals surface area contributed by atoms with Crippen molar-refractivity contribution in [2.75, 3.05) is 13.3 Å². The van der Waals surface area contributed by atoms with Crippen LogP contribution in [0.3, 0.4) is 0 Å².